The molecule has 0 bridgehead atoms. The van der Waals surface area contributed by atoms with Crippen LogP contribution >= 0.6 is 11.5 Å². The first-order valence-corrected chi connectivity index (χ1v) is 11.0. The van der Waals surface area contributed by atoms with E-state index in [1.165, 1.54) is 4.90 Å². The highest BCUT2D eigenvalue weighted by molar-refractivity contribution is 7.03. The Balaban J connectivity index is 2.17. The largest absolute Gasteiger partial charge is 0.349 e. The van der Waals surface area contributed by atoms with Gasteiger partial charge in [-0.2, -0.15) is 0 Å². The molecule has 0 unspecified atom stereocenters. The minimum Gasteiger partial charge on any atom is -0.349 e. The standard InChI is InChI=1S/C23H27N5O2S/c1-6-23(4,5)25-21(29)20(17-8-7-11-24-13-17)28(22(30)19-14-31-27-26-19)18-10-9-15(2)16(3)12-18/h7-14,20H,6H2,1-5H3,(H,25,29)/t20-/m0/s1. The smallest absolute Gasteiger partial charge is 0.280 e. The minimum absolute atomic E-state index is 0.194. The van der Waals surface area contributed by atoms with Crippen LogP contribution in [0.3, 0.4) is 0 Å². The molecule has 1 aromatic carbocycles. The highest BCUT2D eigenvalue weighted by Crippen LogP contribution is 2.31. The molecule has 0 aliphatic heterocycles. The van der Waals surface area contributed by atoms with E-state index in [1.807, 2.05) is 52.8 Å². The van der Waals surface area contributed by atoms with E-state index in [4.69, 9.17) is 0 Å². The van der Waals surface area contributed by atoms with Crippen molar-refractivity contribution < 1.29 is 9.59 Å². The molecule has 7 nitrogen and oxygen atoms in total. The maximum atomic E-state index is 13.6. The predicted octanol–water partition coefficient (Wildman–Crippen LogP) is 4.24. The maximum absolute atomic E-state index is 13.6. The summed E-state index contributed by atoms with van der Waals surface area (Å²) in [6.45, 7) is 9.90. The average molecular weight is 438 g/mol. The Morgan fingerprint density at radius 3 is 2.55 bits per heavy atom. The molecule has 0 fully saturated rings. The number of rotatable bonds is 7. The fraction of sp³-hybridized carbons (Fsp3) is 0.348. The van der Waals surface area contributed by atoms with Gasteiger partial charge < -0.3 is 5.32 Å². The van der Waals surface area contributed by atoms with Crippen molar-refractivity contribution in [3.8, 4) is 0 Å². The lowest BCUT2D eigenvalue weighted by molar-refractivity contribution is -0.124. The molecule has 0 aliphatic carbocycles. The van der Waals surface area contributed by atoms with Crippen molar-refractivity contribution in [2.45, 2.75) is 52.6 Å². The number of aromatic nitrogens is 3. The third-order valence-corrected chi connectivity index (χ3v) is 5.92. The Bertz CT molecular complexity index is 1050. The van der Waals surface area contributed by atoms with Crippen LogP contribution in [0.1, 0.15) is 60.4 Å². The summed E-state index contributed by atoms with van der Waals surface area (Å²) in [5, 5.41) is 8.63. The summed E-state index contributed by atoms with van der Waals surface area (Å²) < 4.78 is 3.83. The van der Waals surface area contributed by atoms with Crippen molar-refractivity contribution in [3.63, 3.8) is 0 Å². The molecule has 31 heavy (non-hydrogen) atoms. The van der Waals surface area contributed by atoms with Crippen LogP contribution in [0.5, 0.6) is 0 Å². The molecule has 3 aromatic rings. The number of benzene rings is 1. The lowest BCUT2D eigenvalue weighted by Crippen LogP contribution is -2.50. The van der Waals surface area contributed by atoms with Crippen LogP contribution in [0.4, 0.5) is 5.69 Å². The van der Waals surface area contributed by atoms with Gasteiger partial charge in [0.2, 0.25) is 5.91 Å². The fourth-order valence-corrected chi connectivity index (χ4v) is 3.52. The first-order valence-electron chi connectivity index (χ1n) is 10.1. The molecule has 0 aliphatic rings. The molecular weight excluding hydrogens is 410 g/mol. The number of amides is 2. The Kier molecular flexibility index (Phi) is 6.80. The molecule has 1 atom stereocenters. The van der Waals surface area contributed by atoms with Gasteiger partial charge in [-0.15, -0.1) is 5.10 Å². The molecular formula is C23H27N5O2S. The maximum Gasteiger partial charge on any atom is 0.280 e. The Labute approximate surface area is 186 Å². The Morgan fingerprint density at radius 1 is 1.19 bits per heavy atom. The summed E-state index contributed by atoms with van der Waals surface area (Å²) in [6.07, 6.45) is 4.00. The quantitative estimate of drug-likeness (QED) is 0.597. The van der Waals surface area contributed by atoms with Gasteiger partial charge in [-0.25, -0.2) is 0 Å². The van der Waals surface area contributed by atoms with Crippen molar-refractivity contribution in [1.82, 2.24) is 19.9 Å². The Hall–Kier alpha value is -3.13. The number of anilines is 1. The van der Waals surface area contributed by atoms with E-state index in [2.05, 4.69) is 19.9 Å². The molecule has 3 rings (SSSR count). The predicted molar refractivity (Wildman–Crippen MR) is 122 cm³/mol. The van der Waals surface area contributed by atoms with Crippen LogP contribution in [0.2, 0.25) is 0 Å². The number of hydrogen-bond donors (Lipinski definition) is 1. The van der Waals surface area contributed by atoms with Crippen LogP contribution in [-0.2, 0) is 4.79 Å². The number of carbonyl (C=O) groups excluding carboxylic acids is 2. The Morgan fingerprint density at radius 2 is 1.97 bits per heavy atom. The van der Waals surface area contributed by atoms with Gasteiger partial charge in [0.15, 0.2) is 5.69 Å². The molecule has 8 heteroatoms. The first kappa shape index (κ1) is 22.6. The molecule has 2 heterocycles. The molecule has 0 saturated carbocycles. The molecule has 1 N–H and O–H groups in total. The number of hydrogen-bond acceptors (Lipinski definition) is 6. The number of nitrogens with zero attached hydrogens (tertiary/aromatic N) is 4. The monoisotopic (exact) mass is 437 g/mol. The zero-order chi connectivity index (χ0) is 22.6. The molecule has 2 aromatic heterocycles. The van der Waals surface area contributed by atoms with E-state index < -0.39 is 17.5 Å². The van der Waals surface area contributed by atoms with E-state index in [0.29, 0.717) is 11.3 Å². The third-order valence-electron chi connectivity index (χ3n) is 5.42. The SMILES string of the molecule is CCC(C)(C)NC(=O)[C@H](c1cccnc1)N(C(=O)c1csnn1)c1ccc(C)c(C)c1. The molecule has 162 valence electrons. The van der Waals surface area contributed by atoms with Gasteiger partial charge in [-0.3, -0.25) is 19.5 Å². The van der Waals surface area contributed by atoms with Crippen LogP contribution in [0.15, 0.2) is 48.1 Å². The highest BCUT2D eigenvalue weighted by Gasteiger charge is 2.36. The van der Waals surface area contributed by atoms with Crippen molar-refractivity contribution in [2.75, 3.05) is 4.90 Å². The minimum atomic E-state index is -0.921. The van der Waals surface area contributed by atoms with E-state index >= 15 is 0 Å². The van der Waals surface area contributed by atoms with Crippen LogP contribution < -0.4 is 10.2 Å². The van der Waals surface area contributed by atoms with Gasteiger partial charge in [-0.1, -0.05) is 23.5 Å². The highest BCUT2D eigenvalue weighted by atomic mass is 32.1. The molecule has 0 radical (unpaired) electrons. The first-order chi connectivity index (χ1) is 14.7. The average Bonchev–Trinajstić information content (AvgIpc) is 3.29. The zero-order valence-corrected chi connectivity index (χ0v) is 19.2. The summed E-state index contributed by atoms with van der Waals surface area (Å²) in [5.41, 5.74) is 3.10. The third kappa shape index (κ3) is 5.14. The van der Waals surface area contributed by atoms with Crippen molar-refractivity contribution >= 4 is 29.0 Å². The number of nitrogens with one attached hydrogen (secondary N) is 1. The second kappa shape index (κ2) is 9.34. The van der Waals surface area contributed by atoms with Crippen molar-refractivity contribution in [2.24, 2.45) is 0 Å². The van der Waals surface area contributed by atoms with Gasteiger partial charge in [-0.05, 0) is 75.0 Å². The van der Waals surface area contributed by atoms with E-state index in [9.17, 15) is 9.59 Å². The lowest BCUT2D eigenvalue weighted by atomic mass is 9.98. The number of aryl methyl sites for hydroxylation is 2. The van der Waals surface area contributed by atoms with Gasteiger partial charge in [0.05, 0.1) is 0 Å². The van der Waals surface area contributed by atoms with Gasteiger partial charge in [0.1, 0.15) is 6.04 Å². The van der Waals surface area contributed by atoms with Gasteiger partial charge >= 0.3 is 0 Å². The number of carbonyl (C=O) groups is 2. The van der Waals surface area contributed by atoms with Crippen LogP contribution in [0.25, 0.3) is 0 Å². The molecule has 2 amide bonds. The second-order valence-corrected chi connectivity index (χ2v) is 8.76. The molecule has 0 spiro atoms. The summed E-state index contributed by atoms with van der Waals surface area (Å²) >= 11 is 1.09. The van der Waals surface area contributed by atoms with Crippen molar-refractivity contribution in [1.29, 1.82) is 0 Å². The molecule has 0 saturated heterocycles. The summed E-state index contributed by atoms with van der Waals surface area (Å²) in [4.78, 5) is 32.9. The van der Waals surface area contributed by atoms with E-state index in [1.54, 1.807) is 29.9 Å². The lowest BCUT2D eigenvalue weighted by Gasteiger charge is -2.34. The van der Waals surface area contributed by atoms with Gasteiger partial charge in [0.25, 0.3) is 5.91 Å². The van der Waals surface area contributed by atoms with Crippen LogP contribution in [-0.4, -0.2) is 31.9 Å². The summed E-state index contributed by atoms with van der Waals surface area (Å²) in [5.74, 6) is -0.676. The number of pyridine rings is 1. The van der Waals surface area contributed by atoms with Crippen LogP contribution in [0, 0.1) is 13.8 Å². The summed E-state index contributed by atoms with van der Waals surface area (Å²) in [6, 6.07) is 8.34. The fourth-order valence-electron chi connectivity index (χ4n) is 3.09. The van der Waals surface area contributed by atoms with E-state index in [-0.39, 0.29) is 11.6 Å². The second-order valence-electron chi connectivity index (χ2n) is 8.15. The summed E-state index contributed by atoms with van der Waals surface area (Å²) in [7, 11) is 0. The van der Waals surface area contributed by atoms with Gasteiger partial charge in [0, 0.05) is 34.6 Å². The van der Waals surface area contributed by atoms with E-state index in [0.717, 1.165) is 29.1 Å². The zero-order valence-electron chi connectivity index (χ0n) is 18.4. The topological polar surface area (TPSA) is 88.1 Å². The van der Waals surface area contributed by atoms with Crippen molar-refractivity contribution in [3.05, 3.63) is 70.5 Å². The normalized spacial score (nSPS) is 12.3.